The number of hydrogen-bond donors (Lipinski definition) is 2. The third-order valence-corrected chi connectivity index (χ3v) is 4.18. The maximum absolute atomic E-state index is 9.69. The molecule has 2 heterocycles. The smallest absolute Gasteiger partial charge is 0.193 e. The molecule has 1 aromatic heterocycles. The second kappa shape index (κ2) is 10.2. The molecule has 0 atom stereocenters. The van der Waals surface area contributed by atoms with E-state index in [1.54, 1.807) is 13.4 Å². The van der Waals surface area contributed by atoms with Crippen LogP contribution in [0.3, 0.4) is 0 Å². The van der Waals surface area contributed by atoms with Crippen molar-refractivity contribution in [3.8, 4) is 0 Å². The Labute approximate surface area is 143 Å². The van der Waals surface area contributed by atoms with Crippen molar-refractivity contribution in [1.29, 1.82) is 0 Å². The highest BCUT2D eigenvalue weighted by Crippen LogP contribution is 2.10. The Morgan fingerprint density at radius 1 is 1.46 bits per heavy atom. The lowest BCUT2D eigenvalue weighted by Crippen LogP contribution is -2.47. The van der Waals surface area contributed by atoms with Gasteiger partial charge in [-0.05, 0) is 19.3 Å². The summed E-state index contributed by atoms with van der Waals surface area (Å²) < 4.78 is 7.15. The fourth-order valence-electron chi connectivity index (χ4n) is 2.77. The van der Waals surface area contributed by atoms with Crippen LogP contribution in [0.1, 0.15) is 32.0 Å². The topological polar surface area (TPSA) is 87.8 Å². The number of nitrogens with one attached hydrogen (secondary N) is 1. The summed E-state index contributed by atoms with van der Waals surface area (Å²) in [5.41, 5.74) is 0. The molecule has 136 valence electrons. The first-order chi connectivity index (χ1) is 11.7. The van der Waals surface area contributed by atoms with Gasteiger partial charge in [0.1, 0.15) is 12.2 Å². The SMILES string of the molecule is CCc1nncn1CCNC(=NCCCOC)N1CCC(O)CC1. The van der Waals surface area contributed by atoms with E-state index in [0.29, 0.717) is 0 Å². The Balaban J connectivity index is 1.87. The van der Waals surface area contributed by atoms with Crippen LogP contribution in [0.4, 0.5) is 0 Å². The van der Waals surface area contributed by atoms with E-state index in [1.165, 1.54) is 0 Å². The Hall–Kier alpha value is -1.67. The van der Waals surface area contributed by atoms with Gasteiger partial charge in [0.2, 0.25) is 0 Å². The van der Waals surface area contributed by atoms with Crippen molar-refractivity contribution in [2.24, 2.45) is 4.99 Å². The normalized spacial score (nSPS) is 16.6. The van der Waals surface area contributed by atoms with Gasteiger partial charge in [-0.15, -0.1) is 10.2 Å². The van der Waals surface area contributed by atoms with Gasteiger partial charge in [-0.2, -0.15) is 0 Å². The highest BCUT2D eigenvalue weighted by atomic mass is 16.5. The third kappa shape index (κ3) is 5.76. The van der Waals surface area contributed by atoms with Crippen molar-refractivity contribution in [3.63, 3.8) is 0 Å². The summed E-state index contributed by atoms with van der Waals surface area (Å²) in [6, 6.07) is 0. The van der Waals surface area contributed by atoms with E-state index >= 15 is 0 Å². The van der Waals surface area contributed by atoms with Crippen LogP contribution in [0.15, 0.2) is 11.3 Å². The number of aromatic nitrogens is 3. The minimum Gasteiger partial charge on any atom is -0.393 e. The van der Waals surface area contributed by atoms with Crippen molar-refractivity contribution in [1.82, 2.24) is 25.0 Å². The van der Waals surface area contributed by atoms with E-state index in [0.717, 1.165) is 76.8 Å². The third-order valence-electron chi connectivity index (χ3n) is 4.18. The summed E-state index contributed by atoms with van der Waals surface area (Å²) in [6.07, 6.45) is 4.97. The van der Waals surface area contributed by atoms with Gasteiger partial charge in [-0.3, -0.25) is 4.99 Å². The summed E-state index contributed by atoms with van der Waals surface area (Å²) in [7, 11) is 1.71. The first-order valence-corrected chi connectivity index (χ1v) is 8.81. The molecular formula is C16H30N6O2. The number of guanidine groups is 1. The lowest BCUT2D eigenvalue weighted by atomic mass is 10.1. The monoisotopic (exact) mass is 338 g/mol. The molecule has 1 saturated heterocycles. The van der Waals surface area contributed by atoms with Gasteiger partial charge in [0.15, 0.2) is 5.96 Å². The quantitative estimate of drug-likeness (QED) is 0.402. The van der Waals surface area contributed by atoms with Crippen molar-refractivity contribution in [3.05, 3.63) is 12.2 Å². The molecule has 0 saturated carbocycles. The van der Waals surface area contributed by atoms with Gasteiger partial charge in [0.05, 0.1) is 6.10 Å². The van der Waals surface area contributed by atoms with Crippen molar-refractivity contribution >= 4 is 5.96 Å². The second-order valence-electron chi connectivity index (χ2n) is 5.99. The second-order valence-corrected chi connectivity index (χ2v) is 5.99. The van der Waals surface area contributed by atoms with E-state index < -0.39 is 0 Å². The molecule has 0 unspecified atom stereocenters. The van der Waals surface area contributed by atoms with Crippen LogP contribution < -0.4 is 5.32 Å². The van der Waals surface area contributed by atoms with Gasteiger partial charge in [-0.25, -0.2) is 0 Å². The zero-order chi connectivity index (χ0) is 17.2. The Kier molecular flexibility index (Phi) is 7.97. The number of nitrogens with zero attached hydrogens (tertiary/aromatic N) is 5. The predicted molar refractivity (Wildman–Crippen MR) is 93.0 cm³/mol. The summed E-state index contributed by atoms with van der Waals surface area (Å²) in [6.45, 7) is 6.79. The van der Waals surface area contributed by atoms with Crippen LogP contribution >= 0.6 is 0 Å². The molecule has 0 spiro atoms. The molecule has 1 fully saturated rings. The number of methoxy groups -OCH3 is 1. The average Bonchev–Trinajstić information content (AvgIpc) is 3.05. The Bertz CT molecular complexity index is 497. The minimum absolute atomic E-state index is 0.180. The summed E-state index contributed by atoms with van der Waals surface area (Å²) >= 11 is 0. The van der Waals surface area contributed by atoms with Crippen LogP contribution in [0.2, 0.25) is 0 Å². The van der Waals surface area contributed by atoms with Gasteiger partial charge < -0.3 is 24.6 Å². The first kappa shape index (κ1) is 18.7. The molecule has 0 radical (unpaired) electrons. The standard InChI is InChI=1S/C16H30N6O2/c1-3-15-20-19-13-22(15)11-8-18-16(17-7-4-12-24-2)21-9-5-14(23)6-10-21/h13-14,23H,3-12H2,1-2H3,(H,17,18). The number of aliphatic hydroxyl groups is 1. The van der Waals surface area contributed by atoms with E-state index in [-0.39, 0.29) is 6.10 Å². The first-order valence-electron chi connectivity index (χ1n) is 8.81. The molecule has 0 bridgehead atoms. The zero-order valence-corrected chi connectivity index (χ0v) is 14.8. The highest BCUT2D eigenvalue weighted by Gasteiger charge is 2.19. The molecule has 0 aliphatic carbocycles. The molecule has 0 amide bonds. The highest BCUT2D eigenvalue weighted by molar-refractivity contribution is 5.80. The number of ether oxygens (including phenoxy) is 1. The Morgan fingerprint density at radius 2 is 2.25 bits per heavy atom. The van der Waals surface area contributed by atoms with E-state index in [2.05, 4.69) is 31.9 Å². The van der Waals surface area contributed by atoms with Crippen LogP contribution in [-0.2, 0) is 17.7 Å². The van der Waals surface area contributed by atoms with Crippen molar-refractivity contribution < 1.29 is 9.84 Å². The summed E-state index contributed by atoms with van der Waals surface area (Å²) in [5.74, 6) is 1.92. The van der Waals surface area contributed by atoms with Gasteiger partial charge in [-0.1, -0.05) is 6.92 Å². The summed E-state index contributed by atoms with van der Waals surface area (Å²) in [5, 5.41) is 21.2. The van der Waals surface area contributed by atoms with Crippen LogP contribution in [0, 0.1) is 0 Å². The lowest BCUT2D eigenvalue weighted by Gasteiger charge is -2.32. The van der Waals surface area contributed by atoms with Crippen LogP contribution in [0.5, 0.6) is 0 Å². The molecule has 2 N–H and O–H groups in total. The predicted octanol–water partition coefficient (Wildman–Crippen LogP) is 0.279. The number of aryl methyl sites for hydroxylation is 1. The van der Waals surface area contributed by atoms with Crippen molar-refractivity contribution in [2.45, 2.75) is 45.3 Å². The number of aliphatic imine (C=N–C) groups is 1. The molecule has 8 heteroatoms. The molecule has 1 aliphatic rings. The summed E-state index contributed by atoms with van der Waals surface area (Å²) in [4.78, 5) is 6.93. The molecule has 0 aromatic carbocycles. The maximum Gasteiger partial charge on any atom is 0.193 e. The number of piperidine rings is 1. The van der Waals surface area contributed by atoms with Crippen LogP contribution in [-0.4, -0.2) is 76.7 Å². The fraction of sp³-hybridized carbons (Fsp3) is 0.812. The largest absolute Gasteiger partial charge is 0.393 e. The molecule has 1 aromatic rings. The fourth-order valence-corrected chi connectivity index (χ4v) is 2.77. The lowest BCUT2D eigenvalue weighted by molar-refractivity contribution is 0.108. The molecule has 2 rings (SSSR count). The van der Waals surface area contributed by atoms with Gasteiger partial charge >= 0.3 is 0 Å². The Morgan fingerprint density at radius 3 is 2.96 bits per heavy atom. The van der Waals surface area contributed by atoms with Gasteiger partial charge in [0, 0.05) is 52.9 Å². The number of likely N-dealkylation sites (tertiary alicyclic amines) is 1. The van der Waals surface area contributed by atoms with Gasteiger partial charge in [0.25, 0.3) is 0 Å². The average molecular weight is 338 g/mol. The number of rotatable bonds is 8. The van der Waals surface area contributed by atoms with Crippen molar-refractivity contribution in [2.75, 3.05) is 39.9 Å². The van der Waals surface area contributed by atoms with E-state index in [1.807, 2.05) is 0 Å². The van der Waals surface area contributed by atoms with E-state index in [4.69, 9.17) is 9.73 Å². The molecule has 24 heavy (non-hydrogen) atoms. The zero-order valence-electron chi connectivity index (χ0n) is 14.8. The molecule has 1 aliphatic heterocycles. The van der Waals surface area contributed by atoms with E-state index in [9.17, 15) is 5.11 Å². The molecular weight excluding hydrogens is 308 g/mol. The maximum atomic E-state index is 9.69. The number of aliphatic hydroxyl groups excluding tert-OH is 1. The van der Waals surface area contributed by atoms with Crippen LogP contribution in [0.25, 0.3) is 0 Å². The molecule has 8 nitrogen and oxygen atoms in total. The minimum atomic E-state index is -0.180. The number of hydrogen-bond acceptors (Lipinski definition) is 5.